The molecule has 5 heteroatoms. The van der Waals surface area contributed by atoms with Crippen LogP contribution in [0.15, 0.2) is 29.3 Å². The monoisotopic (exact) mass is 320 g/mol. The van der Waals surface area contributed by atoms with Crippen molar-refractivity contribution >= 4 is 5.96 Å². The van der Waals surface area contributed by atoms with Crippen molar-refractivity contribution in [1.29, 1.82) is 0 Å². The number of hydrogen-bond acceptors (Lipinski definition) is 2. The predicted molar refractivity (Wildman–Crippen MR) is 94.1 cm³/mol. The Hall–Kier alpha value is -1.62. The van der Waals surface area contributed by atoms with Gasteiger partial charge in [-0.25, -0.2) is 4.39 Å². The summed E-state index contributed by atoms with van der Waals surface area (Å²) < 4.78 is 13.6. The Labute approximate surface area is 139 Å². The van der Waals surface area contributed by atoms with E-state index >= 15 is 0 Å². The summed E-state index contributed by atoms with van der Waals surface area (Å²) in [6, 6.07) is 6.81. The van der Waals surface area contributed by atoms with Crippen molar-refractivity contribution in [3.8, 4) is 0 Å². The van der Waals surface area contributed by atoms with Crippen LogP contribution in [0.25, 0.3) is 0 Å². The quantitative estimate of drug-likeness (QED) is 0.481. The average Bonchev–Trinajstić information content (AvgIpc) is 2.55. The number of piperidine rings is 1. The maximum absolute atomic E-state index is 13.6. The number of likely N-dealkylation sites (tertiary alicyclic amines) is 1. The molecule has 0 saturated carbocycles. The molecule has 0 aliphatic carbocycles. The first kappa shape index (κ1) is 17.7. The highest BCUT2D eigenvalue weighted by Gasteiger charge is 2.15. The van der Waals surface area contributed by atoms with Gasteiger partial charge in [-0.2, -0.15) is 0 Å². The highest BCUT2D eigenvalue weighted by molar-refractivity contribution is 5.79. The van der Waals surface area contributed by atoms with Gasteiger partial charge in [0.2, 0.25) is 0 Å². The van der Waals surface area contributed by atoms with Crippen LogP contribution in [0.1, 0.15) is 31.7 Å². The molecule has 1 fully saturated rings. The molecular weight excluding hydrogens is 291 g/mol. The molecule has 128 valence electrons. The summed E-state index contributed by atoms with van der Waals surface area (Å²) in [4.78, 5) is 6.73. The Kier molecular flexibility index (Phi) is 7.33. The number of nitrogens with zero attached hydrogens (tertiary/aromatic N) is 2. The molecule has 0 spiro atoms. The van der Waals surface area contributed by atoms with E-state index in [0.717, 1.165) is 31.4 Å². The Morgan fingerprint density at radius 1 is 1.35 bits per heavy atom. The molecule has 1 heterocycles. The van der Waals surface area contributed by atoms with E-state index in [1.165, 1.54) is 32.0 Å². The summed E-state index contributed by atoms with van der Waals surface area (Å²) in [7, 11) is 1.74. The molecule has 1 aromatic carbocycles. The minimum atomic E-state index is -0.185. The molecular formula is C18H29FN4. The lowest BCUT2D eigenvalue weighted by Gasteiger charge is -2.30. The molecule has 1 aromatic rings. The zero-order valence-corrected chi connectivity index (χ0v) is 14.3. The van der Waals surface area contributed by atoms with Crippen molar-refractivity contribution < 1.29 is 4.39 Å². The van der Waals surface area contributed by atoms with E-state index in [2.05, 4.69) is 27.4 Å². The van der Waals surface area contributed by atoms with Gasteiger partial charge in [-0.1, -0.05) is 25.1 Å². The van der Waals surface area contributed by atoms with Gasteiger partial charge >= 0.3 is 0 Å². The second-order valence-corrected chi connectivity index (χ2v) is 6.35. The Bertz CT molecular complexity index is 504. The zero-order chi connectivity index (χ0) is 16.5. The van der Waals surface area contributed by atoms with Gasteiger partial charge in [0.1, 0.15) is 5.82 Å². The number of aliphatic imine (C=N–C) groups is 1. The van der Waals surface area contributed by atoms with Crippen molar-refractivity contribution in [2.45, 2.75) is 32.7 Å². The number of halogens is 1. The third-order valence-electron chi connectivity index (χ3n) is 4.31. The van der Waals surface area contributed by atoms with E-state index in [4.69, 9.17) is 0 Å². The van der Waals surface area contributed by atoms with Crippen LogP contribution < -0.4 is 10.6 Å². The van der Waals surface area contributed by atoms with Crippen LogP contribution in [0.2, 0.25) is 0 Å². The minimum absolute atomic E-state index is 0.185. The second kappa shape index (κ2) is 9.50. The van der Waals surface area contributed by atoms with Gasteiger partial charge in [0, 0.05) is 32.2 Å². The van der Waals surface area contributed by atoms with Gasteiger partial charge in [0.15, 0.2) is 5.96 Å². The van der Waals surface area contributed by atoms with E-state index in [9.17, 15) is 4.39 Å². The van der Waals surface area contributed by atoms with E-state index < -0.39 is 0 Å². The van der Waals surface area contributed by atoms with Crippen LogP contribution >= 0.6 is 0 Å². The highest BCUT2D eigenvalue weighted by atomic mass is 19.1. The summed E-state index contributed by atoms with van der Waals surface area (Å²) in [5.41, 5.74) is 0.651. The number of benzene rings is 1. The first-order valence-electron chi connectivity index (χ1n) is 8.59. The molecule has 4 nitrogen and oxygen atoms in total. The van der Waals surface area contributed by atoms with Crippen molar-refractivity contribution in [1.82, 2.24) is 15.5 Å². The standard InChI is InChI=1S/C18H29FN4/c1-15-7-5-11-23(14-15)12-6-10-21-18(20-2)22-13-16-8-3-4-9-17(16)19/h3-4,8-9,15H,5-7,10-14H2,1-2H3,(H2,20,21,22). The first-order valence-corrected chi connectivity index (χ1v) is 8.59. The molecule has 0 bridgehead atoms. The SMILES string of the molecule is CN=C(NCCCN1CCCC(C)C1)NCc1ccccc1F. The normalized spacial score (nSPS) is 19.6. The molecule has 1 aliphatic heterocycles. The van der Waals surface area contributed by atoms with Crippen LogP contribution in [0.5, 0.6) is 0 Å². The summed E-state index contributed by atoms with van der Waals surface area (Å²) in [5, 5.41) is 6.46. The van der Waals surface area contributed by atoms with Gasteiger partial charge < -0.3 is 15.5 Å². The van der Waals surface area contributed by atoms with Crippen molar-refractivity contribution in [3.05, 3.63) is 35.6 Å². The highest BCUT2D eigenvalue weighted by Crippen LogP contribution is 2.15. The van der Waals surface area contributed by atoms with E-state index in [0.29, 0.717) is 12.1 Å². The van der Waals surface area contributed by atoms with Crippen molar-refractivity contribution in [3.63, 3.8) is 0 Å². The van der Waals surface area contributed by atoms with Crippen molar-refractivity contribution in [2.24, 2.45) is 10.9 Å². The number of nitrogens with one attached hydrogen (secondary N) is 2. The van der Waals surface area contributed by atoms with Crippen LogP contribution in [0.4, 0.5) is 4.39 Å². The fourth-order valence-corrected chi connectivity index (χ4v) is 3.04. The molecule has 0 aromatic heterocycles. The number of hydrogen-bond donors (Lipinski definition) is 2. The number of guanidine groups is 1. The maximum atomic E-state index is 13.6. The molecule has 1 unspecified atom stereocenters. The third kappa shape index (κ3) is 6.18. The largest absolute Gasteiger partial charge is 0.356 e. The molecule has 1 atom stereocenters. The van der Waals surface area contributed by atoms with Crippen molar-refractivity contribution in [2.75, 3.05) is 33.2 Å². The van der Waals surface area contributed by atoms with Gasteiger partial charge in [-0.05, 0) is 44.3 Å². The van der Waals surface area contributed by atoms with E-state index in [1.54, 1.807) is 19.2 Å². The summed E-state index contributed by atoms with van der Waals surface area (Å²) in [5.74, 6) is 1.36. The molecule has 2 N–H and O–H groups in total. The topological polar surface area (TPSA) is 39.7 Å². The maximum Gasteiger partial charge on any atom is 0.191 e. The molecule has 0 amide bonds. The van der Waals surface area contributed by atoms with Crippen LogP contribution in [-0.2, 0) is 6.54 Å². The summed E-state index contributed by atoms with van der Waals surface area (Å²) in [6.07, 6.45) is 3.77. The lowest BCUT2D eigenvalue weighted by molar-refractivity contribution is 0.182. The number of rotatable bonds is 6. The third-order valence-corrected chi connectivity index (χ3v) is 4.31. The van der Waals surface area contributed by atoms with Gasteiger partial charge in [-0.3, -0.25) is 4.99 Å². The van der Waals surface area contributed by atoms with E-state index in [1.807, 2.05) is 6.07 Å². The van der Waals surface area contributed by atoms with Gasteiger partial charge in [0.25, 0.3) is 0 Å². The van der Waals surface area contributed by atoms with Crippen LogP contribution in [0.3, 0.4) is 0 Å². The molecule has 0 radical (unpaired) electrons. The predicted octanol–water partition coefficient (Wildman–Crippen LogP) is 2.61. The first-order chi connectivity index (χ1) is 11.2. The summed E-state index contributed by atoms with van der Waals surface area (Å²) in [6.45, 7) is 7.23. The molecule has 23 heavy (non-hydrogen) atoms. The molecule has 2 rings (SSSR count). The molecule has 1 aliphatic rings. The Morgan fingerprint density at radius 3 is 2.91 bits per heavy atom. The average molecular weight is 320 g/mol. The fraction of sp³-hybridized carbons (Fsp3) is 0.611. The van der Waals surface area contributed by atoms with Crippen LogP contribution in [0, 0.1) is 11.7 Å². The Balaban J connectivity index is 1.64. The lowest BCUT2D eigenvalue weighted by Crippen LogP contribution is -2.40. The van der Waals surface area contributed by atoms with Gasteiger partial charge in [0.05, 0.1) is 0 Å². The molecule has 1 saturated heterocycles. The van der Waals surface area contributed by atoms with Crippen LogP contribution in [-0.4, -0.2) is 44.1 Å². The van der Waals surface area contributed by atoms with E-state index in [-0.39, 0.29) is 5.82 Å². The minimum Gasteiger partial charge on any atom is -0.356 e. The Morgan fingerprint density at radius 2 is 2.17 bits per heavy atom. The summed E-state index contributed by atoms with van der Waals surface area (Å²) >= 11 is 0. The zero-order valence-electron chi connectivity index (χ0n) is 14.3. The van der Waals surface area contributed by atoms with Gasteiger partial charge in [-0.15, -0.1) is 0 Å². The lowest BCUT2D eigenvalue weighted by atomic mass is 10.0. The second-order valence-electron chi connectivity index (χ2n) is 6.35. The fourth-order valence-electron chi connectivity index (χ4n) is 3.04. The smallest absolute Gasteiger partial charge is 0.191 e.